The summed E-state index contributed by atoms with van der Waals surface area (Å²) in [7, 11) is 0. The Morgan fingerprint density at radius 1 is 1.25 bits per heavy atom. The number of amides is 1. The van der Waals surface area contributed by atoms with Crippen molar-refractivity contribution in [2.24, 2.45) is 5.73 Å². The molecule has 0 unspecified atom stereocenters. The quantitative estimate of drug-likeness (QED) is 0.869. The van der Waals surface area contributed by atoms with Crippen molar-refractivity contribution >= 4 is 5.91 Å². The molecule has 6 nitrogen and oxygen atoms in total. The SMILES string of the molecule is C[C@@H](N)C(=O)N1CCn2c(nnc2-c2ccccc2)C1. The Morgan fingerprint density at radius 2 is 2.00 bits per heavy atom. The summed E-state index contributed by atoms with van der Waals surface area (Å²) in [4.78, 5) is 13.7. The third-order valence-corrected chi connectivity index (χ3v) is 3.49. The molecule has 20 heavy (non-hydrogen) atoms. The summed E-state index contributed by atoms with van der Waals surface area (Å²) in [6.07, 6.45) is 0. The van der Waals surface area contributed by atoms with Crippen LogP contribution in [0.15, 0.2) is 30.3 Å². The lowest BCUT2D eigenvalue weighted by molar-refractivity contribution is -0.133. The number of benzene rings is 1. The summed E-state index contributed by atoms with van der Waals surface area (Å²) >= 11 is 0. The molecule has 104 valence electrons. The normalized spacial score (nSPS) is 15.8. The zero-order valence-corrected chi connectivity index (χ0v) is 11.4. The minimum absolute atomic E-state index is 0.0412. The van der Waals surface area contributed by atoms with Crippen LogP contribution in [0.25, 0.3) is 11.4 Å². The Labute approximate surface area is 117 Å². The number of hydrogen-bond donors (Lipinski definition) is 1. The van der Waals surface area contributed by atoms with Gasteiger partial charge in [0.1, 0.15) is 0 Å². The standard InChI is InChI=1S/C14H17N5O/c1-10(15)14(20)18-7-8-19-12(9-18)16-17-13(19)11-5-3-2-4-6-11/h2-6,10H,7-9,15H2,1H3/t10-/m1/s1. The highest BCUT2D eigenvalue weighted by molar-refractivity contribution is 5.81. The Hall–Kier alpha value is -2.21. The first-order chi connectivity index (χ1) is 9.66. The van der Waals surface area contributed by atoms with E-state index in [-0.39, 0.29) is 5.91 Å². The molecule has 2 heterocycles. The van der Waals surface area contributed by atoms with Gasteiger partial charge in [-0.25, -0.2) is 0 Å². The van der Waals surface area contributed by atoms with E-state index in [4.69, 9.17) is 5.73 Å². The number of carbonyl (C=O) groups excluding carboxylic acids is 1. The second-order valence-corrected chi connectivity index (χ2v) is 5.01. The fourth-order valence-electron chi connectivity index (χ4n) is 2.43. The van der Waals surface area contributed by atoms with Crippen LogP contribution in [0, 0.1) is 0 Å². The molecule has 2 aromatic rings. The van der Waals surface area contributed by atoms with Crippen molar-refractivity contribution in [2.75, 3.05) is 6.54 Å². The molecule has 0 saturated heterocycles. The van der Waals surface area contributed by atoms with Crippen molar-refractivity contribution in [3.63, 3.8) is 0 Å². The number of carbonyl (C=O) groups is 1. The highest BCUT2D eigenvalue weighted by Gasteiger charge is 2.26. The van der Waals surface area contributed by atoms with Gasteiger partial charge in [0.15, 0.2) is 11.6 Å². The average molecular weight is 271 g/mol. The predicted molar refractivity (Wildman–Crippen MR) is 74.5 cm³/mol. The third-order valence-electron chi connectivity index (χ3n) is 3.49. The van der Waals surface area contributed by atoms with E-state index in [9.17, 15) is 4.79 Å². The molecule has 0 aliphatic carbocycles. The molecule has 1 aromatic carbocycles. The smallest absolute Gasteiger partial charge is 0.239 e. The van der Waals surface area contributed by atoms with E-state index in [1.165, 1.54) is 0 Å². The first kappa shape index (κ1) is 12.8. The first-order valence-corrected chi connectivity index (χ1v) is 6.68. The van der Waals surface area contributed by atoms with Gasteiger partial charge in [0.2, 0.25) is 5.91 Å². The average Bonchev–Trinajstić information content (AvgIpc) is 2.90. The lowest BCUT2D eigenvalue weighted by Crippen LogP contribution is -2.45. The van der Waals surface area contributed by atoms with E-state index in [1.807, 2.05) is 30.3 Å². The van der Waals surface area contributed by atoms with Crippen LogP contribution in [-0.2, 0) is 17.9 Å². The van der Waals surface area contributed by atoms with Gasteiger partial charge in [-0.2, -0.15) is 0 Å². The molecular formula is C14H17N5O. The molecule has 1 amide bonds. The predicted octanol–water partition coefficient (Wildman–Crippen LogP) is 0.635. The van der Waals surface area contributed by atoms with Crippen LogP contribution in [0.1, 0.15) is 12.7 Å². The maximum atomic E-state index is 11.9. The third kappa shape index (κ3) is 2.18. The number of aromatic nitrogens is 3. The van der Waals surface area contributed by atoms with Gasteiger partial charge in [-0.15, -0.1) is 10.2 Å². The van der Waals surface area contributed by atoms with Crippen molar-refractivity contribution in [1.82, 2.24) is 19.7 Å². The molecule has 6 heteroatoms. The molecule has 0 fully saturated rings. The highest BCUT2D eigenvalue weighted by atomic mass is 16.2. The Morgan fingerprint density at radius 3 is 2.70 bits per heavy atom. The molecular weight excluding hydrogens is 254 g/mol. The van der Waals surface area contributed by atoms with Crippen LogP contribution < -0.4 is 5.73 Å². The molecule has 0 radical (unpaired) electrons. The molecule has 1 atom stereocenters. The second-order valence-electron chi connectivity index (χ2n) is 5.01. The molecule has 2 N–H and O–H groups in total. The van der Waals surface area contributed by atoms with Gasteiger partial charge in [-0.3, -0.25) is 4.79 Å². The molecule has 1 aliphatic rings. The summed E-state index contributed by atoms with van der Waals surface area (Å²) in [5.74, 6) is 1.62. The van der Waals surface area contributed by atoms with Gasteiger partial charge < -0.3 is 15.2 Å². The van der Waals surface area contributed by atoms with E-state index >= 15 is 0 Å². The van der Waals surface area contributed by atoms with E-state index < -0.39 is 6.04 Å². The number of rotatable bonds is 2. The van der Waals surface area contributed by atoms with Crippen molar-refractivity contribution in [2.45, 2.75) is 26.1 Å². The minimum Gasteiger partial charge on any atom is -0.332 e. The Kier molecular flexibility index (Phi) is 3.23. The van der Waals surface area contributed by atoms with Crippen LogP contribution in [0.4, 0.5) is 0 Å². The van der Waals surface area contributed by atoms with Crippen molar-refractivity contribution in [3.05, 3.63) is 36.2 Å². The van der Waals surface area contributed by atoms with Crippen LogP contribution in [-0.4, -0.2) is 38.2 Å². The maximum Gasteiger partial charge on any atom is 0.239 e. The molecule has 1 aromatic heterocycles. The number of fused-ring (bicyclic) bond motifs is 1. The van der Waals surface area contributed by atoms with Gasteiger partial charge in [0, 0.05) is 18.7 Å². The molecule has 0 bridgehead atoms. The van der Waals surface area contributed by atoms with Gasteiger partial charge in [-0.1, -0.05) is 30.3 Å². The molecule has 0 spiro atoms. The van der Waals surface area contributed by atoms with Crippen molar-refractivity contribution in [3.8, 4) is 11.4 Å². The summed E-state index contributed by atoms with van der Waals surface area (Å²) in [6, 6.07) is 9.48. The van der Waals surface area contributed by atoms with Crippen molar-refractivity contribution in [1.29, 1.82) is 0 Å². The van der Waals surface area contributed by atoms with Gasteiger partial charge in [0.25, 0.3) is 0 Å². The van der Waals surface area contributed by atoms with Crippen LogP contribution >= 0.6 is 0 Å². The fraction of sp³-hybridized carbons (Fsp3) is 0.357. The van der Waals surface area contributed by atoms with E-state index in [2.05, 4.69) is 14.8 Å². The molecule has 0 saturated carbocycles. The Balaban J connectivity index is 1.87. The van der Waals surface area contributed by atoms with Crippen LogP contribution in [0.5, 0.6) is 0 Å². The van der Waals surface area contributed by atoms with Crippen LogP contribution in [0.2, 0.25) is 0 Å². The van der Waals surface area contributed by atoms with Gasteiger partial charge >= 0.3 is 0 Å². The molecule has 1 aliphatic heterocycles. The minimum atomic E-state index is -0.474. The fourth-order valence-corrected chi connectivity index (χ4v) is 2.43. The van der Waals surface area contributed by atoms with E-state index in [0.717, 1.165) is 17.2 Å². The summed E-state index contributed by atoms with van der Waals surface area (Å²) in [5, 5.41) is 8.45. The monoisotopic (exact) mass is 271 g/mol. The van der Waals surface area contributed by atoms with Crippen LogP contribution in [0.3, 0.4) is 0 Å². The second kappa shape index (κ2) is 5.05. The van der Waals surface area contributed by atoms with E-state index in [1.54, 1.807) is 11.8 Å². The Bertz CT molecular complexity index is 620. The highest BCUT2D eigenvalue weighted by Crippen LogP contribution is 2.21. The summed E-state index contributed by atoms with van der Waals surface area (Å²) in [6.45, 7) is 3.52. The maximum absolute atomic E-state index is 11.9. The largest absolute Gasteiger partial charge is 0.332 e. The number of nitrogens with two attached hydrogens (primary N) is 1. The summed E-state index contributed by atoms with van der Waals surface area (Å²) in [5.41, 5.74) is 6.69. The number of hydrogen-bond acceptors (Lipinski definition) is 4. The van der Waals surface area contributed by atoms with E-state index in [0.29, 0.717) is 19.6 Å². The first-order valence-electron chi connectivity index (χ1n) is 6.68. The van der Waals surface area contributed by atoms with Gasteiger partial charge in [0.05, 0.1) is 12.6 Å². The zero-order valence-electron chi connectivity index (χ0n) is 11.4. The summed E-state index contributed by atoms with van der Waals surface area (Å²) < 4.78 is 2.07. The topological polar surface area (TPSA) is 77.0 Å². The lowest BCUT2D eigenvalue weighted by Gasteiger charge is -2.29. The molecule has 3 rings (SSSR count). The van der Waals surface area contributed by atoms with Gasteiger partial charge in [-0.05, 0) is 6.92 Å². The lowest BCUT2D eigenvalue weighted by atomic mass is 10.2. The number of nitrogens with zero attached hydrogens (tertiary/aromatic N) is 4. The zero-order chi connectivity index (χ0) is 14.1. The van der Waals surface area contributed by atoms with Crippen molar-refractivity contribution < 1.29 is 4.79 Å².